The molecule has 0 aromatic carbocycles. The fourth-order valence-corrected chi connectivity index (χ4v) is 1.21. The summed E-state index contributed by atoms with van der Waals surface area (Å²) in [6.07, 6.45) is -8.45. The maximum Gasteiger partial charge on any atom is 0.574 e. The highest BCUT2D eigenvalue weighted by Crippen LogP contribution is 2.36. The second kappa shape index (κ2) is 5.34. The summed E-state index contributed by atoms with van der Waals surface area (Å²) in [6.45, 7) is -0.896. The molecular formula is C9H8F5NO3. The molecule has 18 heavy (non-hydrogen) atoms. The maximum absolute atomic E-state index is 12.6. The number of hydrogen-bond donors (Lipinski definition) is 1. The Kier molecular flexibility index (Phi) is 4.28. The van der Waals surface area contributed by atoms with Gasteiger partial charge in [-0.15, -0.1) is 13.2 Å². The maximum atomic E-state index is 12.6. The van der Waals surface area contributed by atoms with E-state index in [0.29, 0.717) is 0 Å². The summed E-state index contributed by atoms with van der Waals surface area (Å²) < 4.78 is 69.4. The zero-order chi connectivity index (χ0) is 13.9. The van der Waals surface area contributed by atoms with Gasteiger partial charge in [-0.2, -0.15) is 4.98 Å². The normalized spacial score (nSPS) is 11.8. The van der Waals surface area contributed by atoms with Crippen LogP contribution in [0.2, 0.25) is 0 Å². The van der Waals surface area contributed by atoms with Crippen LogP contribution in [-0.2, 0) is 6.61 Å². The van der Waals surface area contributed by atoms with Crippen LogP contribution < -0.4 is 9.47 Å². The first-order chi connectivity index (χ1) is 8.28. The molecule has 9 heteroatoms. The van der Waals surface area contributed by atoms with Gasteiger partial charge in [0.25, 0.3) is 6.43 Å². The Morgan fingerprint density at radius 2 is 2.00 bits per heavy atom. The van der Waals surface area contributed by atoms with Gasteiger partial charge < -0.3 is 14.6 Å². The lowest BCUT2D eigenvalue weighted by Crippen LogP contribution is -2.20. The molecular weight excluding hydrogens is 265 g/mol. The van der Waals surface area contributed by atoms with Crippen LogP contribution in [0.4, 0.5) is 22.0 Å². The van der Waals surface area contributed by atoms with Crippen molar-refractivity contribution >= 4 is 0 Å². The van der Waals surface area contributed by atoms with Crippen molar-refractivity contribution in [1.82, 2.24) is 4.98 Å². The van der Waals surface area contributed by atoms with Crippen LogP contribution >= 0.6 is 0 Å². The van der Waals surface area contributed by atoms with Crippen LogP contribution in [0.5, 0.6) is 11.8 Å². The van der Waals surface area contributed by atoms with E-state index in [1.165, 1.54) is 0 Å². The van der Waals surface area contributed by atoms with Gasteiger partial charge in [-0.1, -0.05) is 0 Å². The third-order valence-electron chi connectivity index (χ3n) is 1.90. The smallest absolute Gasteiger partial charge is 0.481 e. The summed E-state index contributed by atoms with van der Waals surface area (Å²) in [6, 6.07) is 0.907. The number of aliphatic hydroxyl groups is 1. The molecule has 0 bridgehead atoms. The second-order valence-electron chi connectivity index (χ2n) is 3.05. The Morgan fingerprint density at radius 1 is 1.39 bits per heavy atom. The topological polar surface area (TPSA) is 51.6 Å². The number of ether oxygens (including phenoxy) is 2. The summed E-state index contributed by atoms with van der Waals surface area (Å²) in [5.41, 5.74) is -1.56. The van der Waals surface area contributed by atoms with Crippen molar-refractivity contribution in [3.05, 3.63) is 17.2 Å². The van der Waals surface area contributed by atoms with Gasteiger partial charge in [-0.05, 0) is 5.56 Å². The first-order valence-corrected chi connectivity index (χ1v) is 4.51. The van der Waals surface area contributed by atoms with Gasteiger partial charge in [0.1, 0.15) is 0 Å². The highest BCUT2D eigenvalue weighted by atomic mass is 19.4. The van der Waals surface area contributed by atoms with Gasteiger partial charge in [0.15, 0.2) is 0 Å². The first-order valence-electron chi connectivity index (χ1n) is 4.51. The minimum atomic E-state index is -5.17. The molecule has 0 unspecified atom stereocenters. The molecule has 0 aliphatic carbocycles. The lowest BCUT2D eigenvalue weighted by molar-refractivity contribution is -0.276. The Labute approximate surface area is 98.0 Å². The molecule has 0 radical (unpaired) electrons. The quantitative estimate of drug-likeness (QED) is 0.856. The molecule has 0 aliphatic rings. The third-order valence-corrected chi connectivity index (χ3v) is 1.90. The largest absolute Gasteiger partial charge is 0.574 e. The molecule has 102 valence electrons. The number of pyridine rings is 1. The number of aromatic nitrogens is 1. The third kappa shape index (κ3) is 3.42. The Morgan fingerprint density at radius 3 is 2.39 bits per heavy atom. The van der Waals surface area contributed by atoms with E-state index in [2.05, 4.69) is 14.5 Å². The molecule has 0 saturated carbocycles. The van der Waals surface area contributed by atoms with Gasteiger partial charge in [0.2, 0.25) is 11.8 Å². The molecule has 0 spiro atoms. The molecule has 0 aliphatic heterocycles. The predicted molar refractivity (Wildman–Crippen MR) is 48.4 cm³/mol. The van der Waals surface area contributed by atoms with E-state index in [-0.39, 0.29) is 5.88 Å². The van der Waals surface area contributed by atoms with E-state index >= 15 is 0 Å². The Hall–Kier alpha value is -1.64. The lowest BCUT2D eigenvalue weighted by Gasteiger charge is -2.15. The second-order valence-corrected chi connectivity index (χ2v) is 3.05. The van der Waals surface area contributed by atoms with Crippen LogP contribution in [0.3, 0.4) is 0 Å². The van der Waals surface area contributed by atoms with Gasteiger partial charge in [-0.25, -0.2) is 8.78 Å². The van der Waals surface area contributed by atoms with Crippen LogP contribution in [0.25, 0.3) is 0 Å². The van der Waals surface area contributed by atoms with Gasteiger partial charge in [-0.3, -0.25) is 0 Å². The van der Waals surface area contributed by atoms with E-state index in [1.54, 1.807) is 0 Å². The standard InChI is InChI=1S/C9H8F5NO3/c1-17-5-2-4(3-16)6(7(10)11)8(15-5)18-9(12,13)14/h2,7,16H,3H2,1H3. The molecule has 1 N–H and O–H groups in total. The first kappa shape index (κ1) is 14.4. The van der Waals surface area contributed by atoms with Crippen LogP contribution in [0, 0.1) is 0 Å². The van der Waals surface area contributed by atoms with Crippen molar-refractivity contribution in [2.45, 2.75) is 19.4 Å². The van der Waals surface area contributed by atoms with E-state index in [4.69, 9.17) is 5.11 Å². The summed E-state index contributed by atoms with van der Waals surface area (Å²) in [5, 5.41) is 8.86. The van der Waals surface area contributed by atoms with Crippen molar-refractivity contribution in [2.75, 3.05) is 7.11 Å². The number of alkyl halides is 5. The zero-order valence-corrected chi connectivity index (χ0v) is 8.96. The Balaban J connectivity index is 3.34. The van der Waals surface area contributed by atoms with Crippen molar-refractivity contribution in [2.24, 2.45) is 0 Å². The summed E-state index contributed by atoms with van der Waals surface area (Å²) in [4.78, 5) is 3.15. The minimum Gasteiger partial charge on any atom is -0.481 e. The van der Waals surface area contributed by atoms with Crippen molar-refractivity contribution in [3.63, 3.8) is 0 Å². The number of halogens is 5. The number of hydrogen-bond acceptors (Lipinski definition) is 4. The fourth-order valence-electron chi connectivity index (χ4n) is 1.21. The minimum absolute atomic E-state index is 0.373. The number of nitrogens with zero attached hydrogens (tertiary/aromatic N) is 1. The zero-order valence-electron chi connectivity index (χ0n) is 8.96. The van der Waals surface area contributed by atoms with Gasteiger partial charge in [0, 0.05) is 6.07 Å². The van der Waals surface area contributed by atoms with Crippen molar-refractivity contribution in [1.29, 1.82) is 0 Å². The lowest BCUT2D eigenvalue weighted by atomic mass is 10.1. The number of rotatable bonds is 4. The average Bonchev–Trinajstić information content (AvgIpc) is 2.25. The van der Waals surface area contributed by atoms with Crippen LogP contribution in [0.1, 0.15) is 17.6 Å². The molecule has 0 amide bonds. The van der Waals surface area contributed by atoms with Crippen molar-refractivity contribution < 1.29 is 36.5 Å². The van der Waals surface area contributed by atoms with Crippen LogP contribution in [0.15, 0.2) is 6.07 Å². The Bertz CT molecular complexity index is 421. The number of aliphatic hydroxyl groups excluding tert-OH is 1. The molecule has 1 aromatic rings. The monoisotopic (exact) mass is 273 g/mol. The van der Waals surface area contributed by atoms with E-state index < -0.39 is 36.4 Å². The fraction of sp³-hybridized carbons (Fsp3) is 0.444. The van der Waals surface area contributed by atoms with Crippen molar-refractivity contribution in [3.8, 4) is 11.8 Å². The van der Waals surface area contributed by atoms with E-state index in [9.17, 15) is 22.0 Å². The average molecular weight is 273 g/mol. The van der Waals surface area contributed by atoms with Gasteiger partial charge in [0.05, 0.1) is 19.3 Å². The highest BCUT2D eigenvalue weighted by Gasteiger charge is 2.35. The molecule has 1 rings (SSSR count). The van der Waals surface area contributed by atoms with E-state index in [1.807, 2.05) is 0 Å². The van der Waals surface area contributed by atoms with Crippen LogP contribution in [-0.4, -0.2) is 23.6 Å². The SMILES string of the molecule is COc1cc(CO)c(C(F)F)c(OC(F)(F)F)n1. The summed E-state index contributed by atoms with van der Waals surface area (Å²) in [5.74, 6) is -1.71. The molecule has 0 fully saturated rings. The molecule has 4 nitrogen and oxygen atoms in total. The molecule has 0 atom stereocenters. The summed E-state index contributed by atoms with van der Waals surface area (Å²) in [7, 11) is 1.09. The summed E-state index contributed by atoms with van der Waals surface area (Å²) >= 11 is 0. The highest BCUT2D eigenvalue weighted by molar-refractivity contribution is 5.39. The predicted octanol–water partition coefficient (Wildman–Crippen LogP) is 2.42. The van der Waals surface area contributed by atoms with Gasteiger partial charge >= 0.3 is 6.36 Å². The van der Waals surface area contributed by atoms with E-state index in [0.717, 1.165) is 13.2 Å². The number of methoxy groups -OCH3 is 1. The molecule has 1 heterocycles. The molecule has 0 saturated heterocycles. The molecule has 1 aromatic heterocycles.